The molecule has 4 nitrogen and oxygen atoms in total. The van der Waals surface area contributed by atoms with E-state index >= 15 is 0 Å². The molecule has 5 heteroatoms. The zero-order valence-electron chi connectivity index (χ0n) is 15.0. The third-order valence-corrected chi connectivity index (χ3v) is 5.54. The van der Waals surface area contributed by atoms with Crippen LogP contribution in [0.5, 0.6) is 0 Å². The largest absolute Gasteiger partial charge is 0.327 e. The highest BCUT2D eigenvalue weighted by atomic mass is 35.5. The number of halogens is 1. The van der Waals surface area contributed by atoms with Crippen LogP contribution in [0.2, 0.25) is 0 Å². The van der Waals surface area contributed by atoms with Gasteiger partial charge in [-0.05, 0) is 56.6 Å². The van der Waals surface area contributed by atoms with Crippen LogP contribution in [0.15, 0.2) is 12.1 Å². The van der Waals surface area contributed by atoms with E-state index in [-0.39, 0.29) is 18.3 Å². The van der Waals surface area contributed by atoms with Crippen LogP contribution >= 0.6 is 12.4 Å². The molecule has 2 fully saturated rings. The first-order chi connectivity index (χ1) is 10.9. The molecule has 0 spiro atoms. The Balaban J connectivity index is 0.00000208. The Labute approximate surface area is 151 Å². The van der Waals surface area contributed by atoms with Crippen molar-refractivity contribution in [1.29, 1.82) is 0 Å². The number of likely N-dealkylation sites (tertiary alicyclic amines) is 1. The molecule has 1 saturated carbocycles. The highest BCUT2D eigenvalue weighted by Crippen LogP contribution is 2.35. The number of fused-ring (bicyclic) bond motifs is 1. The van der Waals surface area contributed by atoms with E-state index in [0.29, 0.717) is 24.4 Å². The molecule has 1 heterocycles. The van der Waals surface area contributed by atoms with Crippen LogP contribution in [-0.2, 0) is 4.79 Å². The Hall–Kier alpha value is -1.10. The molecule has 1 aliphatic carbocycles. The maximum atomic E-state index is 12.5. The number of benzene rings is 1. The van der Waals surface area contributed by atoms with Gasteiger partial charge in [0.1, 0.15) is 0 Å². The van der Waals surface area contributed by atoms with Crippen molar-refractivity contribution in [1.82, 2.24) is 4.90 Å². The van der Waals surface area contributed by atoms with Gasteiger partial charge in [0.2, 0.25) is 5.91 Å². The Bertz CT molecular complexity index is 581. The highest BCUT2D eigenvalue weighted by Gasteiger charge is 2.39. The molecule has 3 atom stereocenters. The lowest BCUT2D eigenvalue weighted by Gasteiger charge is -2.29. The van der Waals surface area contributed by atoms with E-state index in [2.05, 4.69) is 43.1 Å². The lowest BCUT2D eigenvalue weighted by Crippen LogP contribution is -2.38. The van der Waals surface area contributed by atoms with Crippen LogP contribution < -0.4 is 11.1 Å². The smallest absolute Gasteiger partial charge is 0.238 e. The van der Waals surface area contributed by atoms with Gasteiger partial charge in [0.15, 0.2) is 0 Å². The van der Waals surface area contributed by atoms with Crippen molar-refractivity contribution in [2.75, 3.05) is 25.0 Å². The molecule has 3 N–H and O–H groups in total. The van der Waals surface area contributed by atoms with E-state index in [1.165, 1.54) is 18.4 Å². The summed E-state index contributed by atoms with van der Waals surface area (Å²) in [5.74, 6) is 1.36. The molecule has 1 aromatic carbocycles. The standard InChI is InChI=1S/C19H29N3O.ClH/c1-12-7-13(2)19(14(3)8-12)21-18(23)11-22-9-15-5-4-6-17(20)16(15)10-22;/h7-8,15-17H,4-6,9-11,20H2,1-3H3,(H,21,23);1H. The fraction of sp³-hybridized carbons (Fsp3) is 0.632. The molecule has 2 aliphatic rings. The van der Waals surface area contributed by atoms with Crippen LogP contribution in [-0.4, -0.2) is 36.5 Å². The second-order valence-corrected chi connectivity index (χ2v) is 7.53. The summed E-state index contributed by atoms with van der Waals surface area (Å²) in [7, 11) is 0. The fourth-order valence-electron chi connectivity index (χ4n) is 4.50. The summed E-state index contributed by atoms with van der Waals surface area (Å²) < 4.78 is 0. The molecule has 24 heavy (non-hydrogen) atoms. The van der Waals surface area contributed by atoms with Crippen molar-refractivity contribution < 1.29 is 4.79 Å². The van der Waals surface area contributed by atoms with Crippen molar-refractivity contribution in [2.45, 2.75) is 46.1 Å². The molecule has 0 bridgehead atoms. The second kappa shape index (κ2) is 7.85. The van der Waals surface area contributed by atoms with Gasteiger partial charge in [-0.1, -0.05) is 24.1 Å². The van der Waals surface area contributed by atoms with Crippen molar-refractivity contribution >= 4 is 24.0 Å². The zero-order chi connectivity index (χ0) is 16.6. The summed E-state index contributed by atoms with van der Waals surface area (Å²) in [5.41, 5.74) is 10.7. The van der Waals surface area contributed by atoms with Gasteiger partial charge in [-0.3, -0.25) is 9.69 Å². The van der Waals surface area contributed by atoms with Crippen molar-refractivity contribution in [3.05, 3.63) is 28.8 Å². The maximum absolute atomic E-state index is 12.5. The number of anilines is 1. The number of carbonyl (C=O) groups excluding carboxylic acids is 1. The Kier molecular flexibility index (Phi) is 6.29. The molecule has 3 unspecified atom stereocenters. The predicted octanol–water partition coefficient (Wildman–Crippen LogP) is 3.03. The zero-order valence-corrected chi connectivity index (χ0v) is 15.8. The van der Waals surface area contributed by atoms with Crippen LogP contribution in [0.1, 0.15) is 36.0 Å². The number of nitrogens with two attached hydrogens (primary N) is 1. The number of hydrogen-bond acceptors (Lipinski definition) is 3. The number of carbonyl (C=O) groups is 1. The predicted molar refractivity (Wildman–Crippen MR) is 102 cm³/mol. The molecule has 3 rings (SSSR count). The second-order valence-electron chi connectivity index (χ2n) is 7.53. The Morgan fingerprint density at radius 3 is 2.50 bits per heavy atom. The first-order valence-corrected chi connectivity index (χ1v) is 8.79. The van der Waals surface area contributed by atoms with Crippen molar-refractivity contribution in [3.8, 4) is 0 Å². The van der Waals surface area contributed by atoms with Gasteiger partial charge < -0.3 is 11.1 Å². The number of hydrogen-bond donors (Lipinski definition) is 2. The topological polar surface area (TPSA) is 58.4 Å². The van der Waals surface area contributed by atoms with Gasteiger partial charge in [0.25, 0.3) is 0 Å². The lowest BCUT2D eigenvalue weighted by molar-refractivity contribution is -0.117. The lowest BCUT2D eigenvalue weighted by atomic mass is 9.78. The van der Waals surface area contributed by atoms with E-state index in [4.69, 9.17) is 5.73 Å². The molecule has 1 aliphatic heterocycles. The van der Waals surface area contributed by atoms with Crippen LogP contribution in [0.4, 0.5) is 5.69 Å². The fourth-order valence-corrected chi connectivity index (χ4v) is 4.50. The summed E-state index contributed by atoms with van der Waals surface area (Å²) >= 11 is 0. The third-order valence-electron chi connectivity index (χ3n) is 5.54. The van der Waals surface area contributed by atoms with E-state index in [1.807, 2.05) is 0 Å². The quantitative estimate of drug-likeness (QED) is 0.880. The molecule has 1 amide bonds. The molecule has 0 aromatic heterocycles. The third kappa shape index (κ3) is 4.11. The van der Waals surface area contributed by atoms with Gasteiger partial charge in [-0.25, -0.2) is 0 Å². The van der Waals surface area contributed by atoms with Gasteiger partial charge in [-0.2, -0.15) is 0 Å². The monoisotopic (exact) mass is 351 g/mol. The van der Waals surface area contributed by atoms with Crippen LogP contribution in [0, 0.1) is 32.6 Å². The summed E-state index contributed by atoms with van der Waals surface area (Å²) in [6, 6.07) is 4.56. The molecule has 0 radical (unpaired) electrons. The summed E-state index contributed by atoms with van der Waals surface area (Å²) in [4.78, 5) is 14.7. The van der Waals surface area contributed by atoms with E-state index in [1.54, 1.807) is 0 Å². The number of amides is 1. The van der Waals surface area contributed by atoms with Gasteiger partial charge in [-0.15, -0.1) is 12.4 Å². The average Bonchev–Trinajstić information content (AvgIpc) is 2.86. The summed E-state index contributed by atoms with van der Waals surface area (Å²) in [5, 5.41) is 3.11. The molecular formula is C19H30ClN3O. The summed E-state index contributed by atoms with van der Waals surface area (Å²) in [6.45, 7) is 8.67. The van der Waals surface area contributed by atoms with Gasteiger partial charge in [0, 0.05) is 24.8 Å². The first-order valence-electron chi connectivity index (χ1n) is 8.79. The van der Waals surface area contributed by atoms with E-state index in [0.717, 1.165) is 36.3 Å². The first kappa shape index (κ1) is 19.2. The number of aryl methyl sites for hydroxylation is 3. The van der Waals surface area contributed by atoms with Gasteiger partial charge >= 0.3 is 0 Å². The van der Waals surface area contributed by atoms with Crippen LogP contribution in [0.25, 0.3) is 0 Å². The van der Waals surface area contributed by atoms with Crippen molar-refractivity contribution in [2.24, 2.45) is 17.6 Å². The molecular weight excluding hydrogens is 322 g/mol. The average molecular weight is 352 g/mol. The molecule has 1 aromatic rings. The molecule has 1 saturated heterocycles. The van der Waals surface area contributed by atoms with Gasteiger partial charge in [0.05, 0.1) is 6.54 Å². The maximum Gasteiger partial charge on any atom is 0.238 e. The van der Waals surface area contributed by atoms with Crippen molar-refractivity contribution in [3.63, 3.8) is 0 Å². The minimum absolute atomic E-state index is 0. The SMILES string of the molecule is Cc1cc(C)c(NC(=O)CN2CC3CCCC(N)C3C2)c(C)c1.Cl. The number of rotatable bonds is 3. The highest BCUT2D eigenvalue weighted by molar-refractivity contribution is 5.93. The van der Waals surface area contributed by atoms with Crippen LogP contribution in [0.3, 0.4) is 0 Å². The minimum atomic E-state index is 0. The number of nitrogens with one attached hydrogen (secondary N) is 1. The molecule has 134 valence electrons. The summed E-state index contributed by atoms with van der Waals surface area (Å²) in [6.07, 6.45) is 3.65. The normalized spacial score (nSPS) is 26.6. The minimum Gasteiger partial charge on any atom is -0.327 e. The van der Waals surface area contributed by atoms with E-state index < -0.39 is 0 Å². The Morgan fingerprint density at radius 2 is 1.88 bits per heavy atom. The Morgan fingerprint density at radius 1 is 1.21 bits per heavy atom. The van der Waals surface area contributed by atoms with E-state index in [9.17, 15) is 4.79 Å². The number of nitrogens with zero attached hydrogens (tertiary/aromatic N) is 1.